The van der Waals surface area contributed by atoms with Gasteiger partial charge >= 0.3 is 0 Å². The van der Waals surface area contributed by atoms with Gasteiger partial charge in [0.2, 0.25) is 0 Å². The lowest BCUT2D eigenvalue weighted by atomic mass is 10.0. The molecule has 4 nitrogen and oxygen atoms in total. The minimum absolute atomic E-state index is 0.0466. The Hall–Kier alpha value is -1.42. The molecule has 0 saturated heterocycles. The van der Waals surface area contributed by atoms with E-state index in [1.165, 1.54) is 0 Å². The number of carbonyl (C=O) groups is 1. The van der Waals surface area contributed by atoms with Crippen molar-refractivity contribution in [3.8, 4) is 0 Å². The number of aryl methyl sites for hydroxylation is 1. The zero-order chi connectivity index (χ0) is 13.7. The number of amides is 1. The first-order valence-electron chi connectivity index (χ1n) is 6.36. The van der Waals surface area contributed by atoms with Gasteiger partial charge < -0.3 is 10.6 Å². The summed E-state index contributed by atoms with van der Waals surface area (Å²) in [6.07, 6.45) is 0.811. The van der Waals surface area contributed by atoms with Gasteiger partial charge in [-0.1, -0.05) is 19.9 Å². The molecule has 1 aromatic rings. The summed E-state index contributed by atoms with van der Waals surface area (Å²) in [4.78, 5) is 18.0. The fraction of sp³-hybridized carbons (Fsp3) is 0.571. The Morgan fingerprint density at radius 2 is 2.11 bits per heavy atom. The van der Waals surface area contributed by atoms with Gasteiger partial charge in [-0.3, -0.25) is 4.79 Å². The number of hydrogen-bond acceptors (Lipinski definition) is 3. The SMILES string of the molecule is Cc1cccc(C(=O)N(C)CCC(N)C(C)C)n1. The molecule has 0 aliphatic rings. The van der Waals surface area contributed by atoms with E-state index in [9.17, 15) is 4.79 Å². The maximum atomic E-state index is 12.1. The van der Waals surface area contributed by atoms with E-state index in [2.05, 4.69) is 18.8 Å². The highest BCUT2D eigenvalue weighted by Gasteiger charge is 2.15. The van der Waals surface area contributed by atoms with Crippen LogP contribution in [0, 0.1) is 12.8 Å². The van der Waals surface area contributed by atoms with Gasteiger partial charge in [-0.25, -0.2) is 4.98 Å². The van der Waals surface area contributed by atoms with Gasteiger partial charge in [-0.05, 0) is 31.4 Å². The third kappa shape index (κ3) is 4.11. The molecule has 1 heterocycles. The number of rotatable bonds is 5. The fourth-order valence-corrected chi connectivity index (χ4v) is 1.64. The van der Waals surface area contributed by atoms with Gasteiger partial charge in [-0.15, -0.1) is 0 Å². The highest BCUT2D eigenvalue weighted by atomic mass is 16.2. The Morgan fingerprint density at radius 1 is 1.44 bits per heavy atom. The summed E-state index contributed by atoms with van der Waals surface area (Å²) in [5, 5.41) is 0. The molecule has 100 valence electrons. The van der Waals surface area contributed by atoms with Crippen LogP contribution >= 0.6 is 0 Å². The van der Waals surface area contributed by atoms with Crippen LogP contribution < -0.4 is 5.73 Å². The van der Waals surface area contributed by atoms with E-state index in [-0.39, 0.29) is 11.9 Å². The van der Waals surface area contributed by atoms with Crippen LogP contribution in [0.3, 0.4) is 0 Å². The van der Waals surface area contributed by atoms with Gasteiger partial charge in [-0.2, -0.15) is 0 Å². The van der Waals surface area contributed by atoms with Crippen molar-refractivity contribution in [2.75, 3.05) is 13.6 Å². The minimum Gasteiger partial charge on any atom is -0.340 e. The molecule has 4 heteroatoms. The molecule has 0 bridgehead atoms. The summed E-state index contributed by atoms with van der Waals surface area (Å²) >= 11 is 0. The Kier molecular flexibility index (Phi) is 5.28. The molecular formula is C14H23N3O. The second kappa shape index (κ2) is 6.50. The molecule has 2 N–H and O–H groups in total. The average molecular weight is 249 g/mol. The van der Waals surface area contributed by atoms with Crippen molar-refractivity contribution in [3.63, 3.8) is 0 Å². The van der Waals surface area contributed by atoms with E-state index in [0.29, 0.717) is 18.2 Å². The van der Waals surface area contributed by atoms with Crippen LogP contribution in [0.15, 0.2) is 18.2 Å². The number of aromatic nitrogens is 1. The van der Waals surface area contributed by atoms with E-state index < -0.39 is 0 Å². The van der Waals surface area contributed by atoms with Crippen molar-refractivity contribution in [2.24, 2.45) is 11.7 Å². The average Bonchev–Trinajstić information content (AvgIpc) is 2.34. The Labute approximate surface area is 109 Å². The van der Waals surface area contributed by atoms with Gasteiger partial charge in [0.1, 0.15) is 5.69 Å². The number of pyridine rings is 1. The summed E-state index contributed by atoms with van der Waals surface area (Å²) in [6.45, 7) is 6.72. The number of nitrogens with zero attached hydrogens (tertiary/aromatic N) is 2. The third-order valence-corrected chi connectivity index (χ3v) is 3.11. The summed E-state index contributed by atoms with van der Waals surface area (Å²) < 4.78 is 0. The molecule has 1 aromatic heterocycles. The van der Waals surface area contributed by atoms with Gasteiger partial charge in [0.05, 0.1) is 0 Å². The molecule has 1 amide bonds. The molecule has 0 saturated carbocycles. The topological polar surface area (TPSA) is 59.2 Å². The molecule has 0 aromatic carbocycles. The summed E-state index contributed by atoms with van der Waals surface area (Å²) in [7, 11) is 1.79. The third-order valence-electron chi connectivity index (χ3n) is 3.11. The Morgan fingerprint density at radius 3 is 2.67 bits per heavy atom. The van der Waals surface area contributed by atoms with Gasteiger partial charge in [0, 0.05) is 25.3 Å². The number of nitrogens with two attached hydrogens (primary N) is 1. The highest BCUT2D eigenvalue weighted by Crippen LogP contribution is 2.06. The van der Waals surface area contributed by atoms with Gasteiger partial charge in [0.15, 0.2) is 0 Å². The second-order valence-electron chi connectivity index (χ2n) is 5.09. The molecule has 0 fully saturated rings. The molecule has 1 rings (SSSR count). The monoisotopic (exact) mass is 249 g/mol. The van der Waals surface area contributed by atoms with Crippen molar-refractivity contribution >= 4 is 5.91 Å². The van der Waals surface area contributed by atoms with Crippen LogP contribution in [0.1, 0.15) is 36.5 Å². The molecule has 18 heavy (non-hydrogen) atoms. The molecule has 0 aliphatic heterocycles. The molecule has 0 spiro atoms. The van der Waals surface area contributed by atoms with Crippen LogP contribution in [0.25, 0.3) is 0 Å². The van der Waals surface area contributed by atoms with E-state index in [1.54, 1.807) is 18.0 Å². The van der Waals surface area contributed by atoms with Crippen LogP contribution in [-0.2, 0) is 0 Å². The largest absolute Gasteiger partial charge is 0.340 e. The zero-order valence-electron chi connectivity index (χ0n) is 11.7. The van der Waals surface area contributed by atoms with E-state index in [0.717, 1.165) is 12.1 Å². The van der Waals surface area contributed by atoms with Crippen molar-refractivity contribution in [2.45, 2.75) is 33.2 Å². The first kappa shape index (κ1) is 14.6. The predicted molar refractivity (Wildman–Crippen MR) is 73.4 cm³/mol. The smallest absolute Gasteiger partial charge is 0.272 e. The van der Waals surface area contributed by atoms with E-state index in [4.69, 9.17) is 5.73 Å². The maximum Gasteiger partial charge on any atom is 0.272 e. The molecule has 1 atom stereocenters. The maximum absolute atomic E-state index is 12.1. The van der Waals surface area contributed by atoms with Crippen molar-refractivity contribution in [3.05, 3.63) is 29.6 Å². The van der Waals surface area contributed by atoms with Crippen LogP contribution in [-0.4, -0.2) is 35.4 Å². The van der Waals surface area contributed by atoms with Crippen molar-refractivity contribution in [1.82, 2.24) is 9.88 Å². The summed E-state index contributed by atoms with van der Waals surface area (Å²) in [5.74, 6) is 0.389. The van der Waals surface area contributed by atoms with Crippen LogP contribution in [0.4, 0.5) is 0 Å². The molecule has 1 unspecified atom stereocenters. The van der Waals surface area contributed by atoms with E-state index in [1.807, 2.05) is 19.1 Å². The Bertz CT molecular complexity index is 404. The molecule has 0 radical (unpaired) electrons. The lowest BCUT2D eigenvalue weighted by molar-refractivity contribution is 0.0783. The lowest BCUT2D eigenvalue weighted by Gasteiger charge is -2.21. The Balaban J connectivity index is 2.57. The van der Waals surface area contributed by atoms with Crippen molar-refractivity contribution < 1.29 is 4.79 Å². The summed E-state index contributed by atoms with van der Waals surface area (Å²) in [6, 6.07) is 5.61. The lowest BCUT2D eigenvalue weighted by Crippen LogP contribution is -2.35. The first-order valence-corrected chi connectivity index (χ1v) is 6.36. The van der Waals surface area contributed by atoms with Crippen molar-refractivity contribution in [1.29, 1.82) is 0 Å². The zero-order valence-corrected chi connectivity index (χ0v) is 11.7. The molecular weight excluding hydrogens is 226 g/mol. The first-order chi connectivity index (χ1) is 8.41. The summed E-state index contributed by atoms with van der Waals surface area (Å²) in [5.41, 5.74) is 7.32. The predicted octanol–water partition coefficient (Wildman–Crippen LogP) is 1.84. The second-order valence-corrected chi connectivity index (χ2v) is 5.09. The van der Waals surface area contributed by atoms with Crippen LogP contribution in [0.5, 0.6) is 0 Å². The fourth-order valence-electron chi connectivity index (χ4n) is 1.64. The number of hydrogen-bond donors (Lipinski definition) is 1. The minimum atomic E-state index is -0.0466. The number of carbonyl (C=O) groups excluding carboxylic acids is 1. The normalized spacial score (nSPS) is 12.6. The quantitative estimate of drug-likeness (QED) is 0.866. The molecule has 0 aliphatic carbocycles. The van der Waals surface area contributed by atoms with Crippen LogP contribution in [0.2, 0.25) is 0 Å². The highest BCUT2D eigenvalue weighted by molar-refractivity contribution is 5.92. The standard InChI is InChI=1S/C14H23N3O/c1-10(2)12(15)8-9-17(4)14(18)13-7-5-6-11(3)16-13/h5-7,10,12H,8-9,15H2,1-4H3. The van der Waals surface area contributed by atoms with Gasteiger partial charge in [0.25, 0.3) is 5.91 Å². The van der Waals surface area contributed by atoms with E-state index >= 15 is 0 Å².